The van der Waals surface area contributed by atoms with Gasteiger partial charge in [0, 0.05) is 11.9 Å². The van der Waals surface area contributed by atoms with Crippen LogP contribution in [0.2, 0.25) is 0 Å². The van der Waals surface area contributed by atoms with Crippen LogP contribution >= 0.6 is 0 Å². The molecule has 0 aliphatic carbocycles. The number of anilines is 1. The van der Waals surface area contributed by atoms with E-state index in [1.54, 1.807) is 19.4 Å². The van der Waals surface area contributed by atoms with Crippen LogP contribution < -0.4 is 10.5 Å². The molecule has 1 aromatic carbocycles. The Kier molecular flexibility index (Phi) is 3.77. The maximum absolute atomic E-state index is 5.89. The standard InChI is InChI=1S/C14H17N3O/c1-3-5-10-8-9-16-14(17-10)11-6-4-7-12(15)13(11)18-2/h4,6-9H,3,5,15H2,1-2H3. The van der Waals surface area contributed by atoms with Crippen molar-refractivity contribution in [2.45, 2.75) is 19.8 Å². The average Bonchev–Trinajstić information content (AvgIpc) is 2.39. The van der Waals surface area contributed by atoms with Crippen LogP contribution in [-0.2, 0) is 6.42 Å². The summed E-state index contributed by atoms with van der Waals surface area (Å²) in [5.74, 6) is 1.29. The number of methoxy groups -OCH3 is 1. The molecule has 0 fully saturated rings. The SMILES string of the molecule is CCCc1ccnc(-c2cccc(N)c2OC)n1. The number of rotatable bonds is 4. The minimum absolute atomic E-state index is 0.597. The van der Waals surface area contributed by atoms with E-state index in [1.165, 1.54) is 0 Å². The molecule has 94 valence electrons. The summed E-state index contributed by atoms with van der Waals surface area (Å²) in [6.07, 6.45) is 3.78. The van der Waals surface area contributed by atoms with Crippen molar-refractivity contribution in [2.24, 2.45) is 0 Å². The van der Waals surface area contributed by atoms with Crippen molar-refractivity contribution >= 4 is 5.69 Å². The lowest BCUT2D eigenvalue weighted by molar-refractivity contribution is 0.418. The second-order valence-electron chi connectivity index (χ2n) is 4.05. The Labute approximate surface area is 107 Å². The van der Waals surface area contributed by atoms with Gasteiger partial charge in [-0.05, 0) is 24.6 Å². The van der Waals surface area contributed by atoms with Crippen molar-refractivity contribution < 1.29 is 4.74 Å². The van der Waals surface area contributed by atoms with E-state index in [0.717, 1.165) is 24.1 Å². The normalized spacial score (nSPS) is 10.3. The highest BCUT2D eigenvalue weighted by Gasteiger charge is 2.11. The number of nitrogens with two attached hydrogens (primary N) is 1. The Morgan fingerprint density at radius 1 is 1.28 bits per heavy atom. The Bertz CT molecular complexity index is 540. The minimum Gasteiger partial charge on any atom is -0.494 e. The highest BCUT2D eigenvalue weighted by atomic mass is 16.5. The van der Waals surface area contributed by atoms with Crippen molar-refractivity contribution in [2.75, 3.05) is 12.8 Å². The van der Waals surface area contributed by atoms with Gasteiger partial charge in [-0.25, -0.2) is 9.97 Å². The average molecular weight is 243 g/mol. The van der Waals surface area contributed by atoms with Gasteiger partial charge in [0.1, 0.15) is 0 Å². The Morgan fingerprint density at radius 2 is 2.11 bits per heavy atom. The zero-order chi connectivity index (χ0) is 13.0. The molecule has 2 rings (SSSR count). The molecular weight excluding hydrogens is 226 g/mol. The third kappa shape index (κ3) is 2.42. The van der Waals surface area contributed by atoms with Crippen LogP contribution in [0.3, 0.4) is 0 Å². The van der Waals surface area contributed by atoms with Crippen LogP contribution in [0.1, 0.15) is 19.0 Å². The van der Waals surface area contributed by atoms with Crippen LogP contribution in [0.25, 0.3) is 11.4 Å². The lowest BCUT2D eigenvalue weighted by atomic mass is 10.1. The number of hydrogen-bond acceptors (Lipinski definition) is 4. The molecule has 0 aliphatic rings. The molecule has 0 saturated carbocycles. The molecule has 0 radical (unpaired) electrons. The quantitative estimate of drug-likeness (QED) is 0.839. The van der Waals surface area contributed by atoms with Gasteiger partial charge < -0.3 is 10.5 Å². The van der Waals surface area contributed by atoms with Crippen molar-refractivity contribution in [3.63, 3.8) is 0 Å². The molecule has 1 aromatic heterocycles. The van der Waals surface area contributed by atoms with Gasteiger partial charge in [0.15, 0.2) is 11.6 Å². The fourth-order valence-corrected chi connectivity index (χ4v) is 1.88. The van der Waals surface area contributed by atoms with Crippen LogP contribution in [0.4, 0.5) is 5.69 Å². The fourth-order valence-electron chi connectivity index (χ4n) is 1.88. The summed E-state index contributed by atoms with van der Waals surface area (Å²) >= 11 is 0. The van der Waals surface area contributed by atoms with E-state index in [0.29, 0.717) is 17.3 Å². The largest absolute Gasteiger partial charge is 0.494 e. The maximum atomic E-state index is 5.89. The summed E-state index contributed by atoms with van der Waals surface area (Å²) in [5.41, 5.74) is 8.35. The molecule has 1 heterocycles. The Morgan fingerprint density at radius 3 is 2.83 bits per heavy atom. The van der Waals surface area contributed by atoms with Gasteiger partial charge in [0.2, 0.25) is 0 Å². The molecule has 0 aliphatic heterocycles. The van der Waals surface area contributed by atoms with Gasteiger partial charge in [-0.15, -0.1) is 0 Å². The predicted octanol–water partition coefficient (Wildman–Crippen LogP) is 2.69. The van der Waals surface area contributed by atoms with Crippen molar-refractivity contribution in [3.05, 3.63) is 36.2 Å². The van der Waals surface area contributed by atoms with Gasteiger partial charge in [0.05, 0.1) is 18.4 Å². The molecule has 0 saturated heterocycles. The van der Waals surface area contributed by atoms with Gasteiger partial charge in [0.25, 0.3) is 0 Å². The van der Waals surface area contributed by atoms with E-state index in [-0.39, 0.29) is 0 Å². The molecule has 0 amide bonds. The van der Waals surface area contributed by atoms with E-state index >= 15 is 0 Å². The van der Waals surface area contributed by atoms with Crippen LogP contribution in [0, 0.1) is 0 Å². The number of hydrogen-bond donors (Lipinski definition) is 1. The Balaban J connectivity index is 2.48. The third-order valence-corrected chi connectivity index (χ3v) is 2.71. The van der Waals surface area contributed by atoms with Gasteiger partial charge >= 0.3 is 0 Å². The van der Waals surface area contributed by atoms with Crippen LogP contribution in [0.5, 0.6) is 5.75 Å². The highest BCUT2D eigenvalue weighted by Crippen LogP contribution is 2.32. The topological polar surface area (TPSA) is 61.0 Å². The molecule has 0 unspecified atom stereocenters. The van der Waals surface area contributed by atoms with E-state index < -0.39 is 0 Å². The maximum Gasteiger partial charge on any atom is 0.163 e. The number of para-hydroxylation sites is 1. The highest BCUT2D eigenvalue weighted by molar-refractivity contribution is 5.73. The zero-order valence-corrected chi connectivity index (χ0v) is 10.7. The van der Waals surface area contributed by atoms with E-state index in [1.807, 2.05) is 18.2 Å². The third-order valence-electron chi connectivity index (χ3n) is 2.71. The second-order valence-corrected chi connectivity index (χ2v) is 4.05. The number of nitrogens with zero attached hydrogens (tertiary/aromatic N) is 2. The monoisotopic (exact) mass is 243 g/mol. The first kappa shape index (κ1) is 12.4. The van der Waals surface area contributed by atoms with Gasteiger partial charge in [-0.2, -0.15) is 0 Å². The summed E-state index contributed by atoms with van der Waals surface area (Å²) in [6.45, 7) is 2.13. The summed E-state index contributed by atoms with van der Waals surface area (Å²) in [4.78, 5) is 8.83. The number of aromatic nitrogens is 2. The first-order valence-corrected chi connectivity index (χ1v) is 6.01. The molecule has 4 heteroatoms. The molecule has 0 atom stereocenters. The molecule has 18 heavy (non-hydrogen) atoms. The summed E-state index contributed by atoms with van der Waals surface area (Å²) in [7, 11) is 1.60. The minimum atomic E-state index is 0.597. The summed E-state index contributed by atoms with van der Waals surface area (Å²) in [5, 5.41) is 0. The first-order chi connectivity index (χ1) is 8.76. The molecule has 0 spiro atoms. The molecule has 2 N–H and O–H groups in total. The smallest absolute Gasteiger partial charge is 0.163 e. The molecule has 0 bridgehead atoms. The van der Waals surface area contributed by atoms with Crippen molar-refractivity contribution in [3.8, 4) is 17.1 Å². The second kappa shape index (κ2) is 5.49. The van der Waals surface area contributed by atoms with Gasteiger partial charge in [-0.3, -0.25) is 0 Å². The Hall–Kier alpha value is -2.10. The van der Waals surface area contributed by atoms with E-state index in [2.05, 4.69) is 16.9 Å². The lowest BCUT2D eigenvalue weighted by Gasteiger charge is -2.10. The number of ether oxygens (including phenoxy) is 1. The zero-order valence-electron chi connectivity index (χ0n) is 10.7. The van der Waals surface area contributed by atoms with E-state index in [9.17, 15) is 0 Å². The number of aryl methyl sites for hydroxylation is 1. The molecular formula is C14H17N3O. The first-order valence-electron chi connectivity index (χ1n) is 6.01. The van der Waals surface area contributed by atoms with Crippen LogP contribution in [-0.4, -0.2) is 17.1 Å². The number of benzene rings is 1. The summed E-state index contributed by atoms with van der Waals surface area (Å²) < 4.78 is 5.33. The van der Waals surface area contributed by atoms with E-state index in [4.69, 9.17) is 10.5 Å². The predicted molar refractivity (Wildman–Crippen MR) is 72.4 cm³/mol. The summed E-state index contributed by atoms with van der Waals surface area (Å²) in [6, 6.07) is 7.54. The fraction of sp³-hybridized carbons (Fsp3) is 0.286. The van der Waals surface area contributed by atoms with Crippen LogP contribution in [0.15, 0.2) is 30.5 Å². The molecule has 4 nitrogen and oxygen atoms in total. The van der Waals surface area contributed by atoms with Crippen molar-refractivity contribution in [1.82, 2.24) is 9.97 Å². The van der Waals surface area contributed by atoms with Gasteiger partial charge in [-0.1, -0.05) is 19.4 Å². The number of nitrogen functional groups attached to an aromatic ring is 1. The molecule has 2 aromatic rings. The lowest BCUT2D eigenvalue weighted by Crippen LogP contribution is -1.99. The van der Waals surface area contributed by atoms with Crippen molar-refractivity contribution in [1.29, 1.82) is 0 Å².